The summed E-state index contributed by atoms with van der Waals surface area (Å²) in [7, 11) is 0. The van der Waals surface area contributed by atoms with Gasteiger partial charge in [0.2, 0.25) is 0 Å². The highest BCUT2D eigenvalue weighted by Gasteiger charge is 1.94. The quantitative estimate of drug-likeness (QED) is 0.141. The van der Waals surface area contributed by atoms with E-state index in [1.54, 1.807) is 68.2 Å². The Kier molecular flexibility index (Phi) is 55.4. The summed E-state index contributed by atoms with van der Waals surface area (Å²) in [6.45, 7) is 36.0. The summed E-state index contributed by atoms with van der Waals surface area (Å²) in [5.41, 5.74) is 8.67. The molecule has 0 aliphatic rings. The zero-order chi connectivity index (χ0) is 79.3. The van der Waals surface area contributed by atoms with Crippen LogP contribution < -0.4 is 0 Å². The minimum absolute atomic E-state index is 0.810. The van der Waals surface area contributed by atoms with E-state index in [2.05, 4.69) is 150 Å². The van der Waals surface area contributed by atoms with Gasteiger partial charge in [-0.1, -0.05) is 264 Å². The summed E-state index contributed by atoms with van der Waals surface area (Å²) in [5, 5.41) is 10.8. The predicted molar refractivity (Wildman–Crippen MR) is 469 cm³/mol. The maximum absolute atomic E-state index is 4.18. The molecule has 108 heavy (non-hydrogen) atoms. The Labute approximate surface area is 644 Å². The molecule has 0 aliphatic heterocycles. The van der Waals surface area contributed by atoms with Crippen molar-refractivity contribution < 1.29 is 0 Å². The molecule has 12 heterocycles. The number of pyridine rings is 11. The molecule has 0 unspecified atom stereocenters. The molecule has 18 rings (SSSR count). The fraction of sp³-hybridized carbons (Fsp3) is 0.189. The number of fused-ring (bicyclic) bond motifs is 9. The van der Waals surface area contributed by atoms with Gasteiger partial charge in [-0.25, -0.2) is 9.97 Å². The highest BCUT2D eigenvalue weighted by molar-refractivity contribution is 5.83. The van der Waals surface area contributed by atoms with Gasteiger partial charge in [0, 0.05) is 120 Å². The van der Waals surface area contributed by atoms with Gasteiger partial charge >= 0.3 is 0 Å². The van der Waals surface area contributed by atoms with Crippen molar-refractivity contribution >= 4 is 98.3 Å². The van der Waals surface area contributed by atoms with Crippen LogP contribution in [0, 0.1) is 0 Å². The van der Waals surface area contributed by atoms with Gasteiger partial charge in [0.05, 0.1) is 50.3 Å². The van der Waals surface area contributed by atoms with Crippen LogP contribution in [0.25, 0.3) is 98.3 Å². The minimum atomic E-state index is 0.810. The second kappa shape index (κ2) is 64.0. The van der Waals surface area contributed by atoms with Crippen LogP contribution in [0.4, 0.5) is 0 Å². The van der Waals surface area contributed by atoms with E-state index in [0.717, 1.165) is 65.9 Å². The van der Waals surface area contributed by atoms with Gasteiger partial charge < -0.3 is 0 Å². The highest BCUT2D eigenvalue weighted by atomic mass is 14.8. The molecular weight excluding hydrogens is 1320 g/mol. The number of rotatable bonds is 0. The van der Waals surface area contributed by atoms with Gasteiger partial charge in [0.15, 0.2) is 5.65 Å². The fourth-order valence-corrected chi connectivity index (χ4v) is 8.74. The van der Waals surface area contributed by atoms with Crippen LogP contribution in [0.3, 0.4) is 0 Å². The molecule has 6 aromatic carbocycles. The molecular formula is C95H113N13. The molecule has 0 fully saturated rings. The van der Waals surface area contributed by atoms with E-state index in [-0.39, 0.29) is 0 Å². The first kappa shape index (κ1) is 93.4. The summed E-state index contributed by atoms with van der Waals surface area (Å²) >= 11 is 0. The molecule has 13 nitrogen and oxygen atoms in total. The third kappa shape index (κ3) is 35.7. The average molecular weight is 1440 g/mol. The second-order valence-electron chi connectivity index (χ2n) is 19.2. The minimum Gasteiger partial charge on any atom is -0.264 e. The topological polar surface area (TPSA) is 168 Å². The van der Waals surface area contributed by atoms with Crippen LogP contribution in [0.15, 0.2) is 360 Å². The van der Waals surface area contributed by atoms with Crippen LogP contribution in [0.2, 0.25) is 0 Å². The van der Waals surface area contributed by atoms with Gasteiger partial charge in [-0.05, 0) is 143 Å². The number of hydrogen-bond donors (Lipinski definition) is 0. The van der Waals surface area contributed by atoms with Gasteiger partial charge in [0.25, 0.3) is 0 Å². The molecule has 0 atom stereocenters. The SMILES string of the molecule is CC.CC.CC.CC.CC.CC.CC.CC.CC.c1ccc2ccccc2c1.c1ccc2cnccc2c1.c1ccc2ncccc2c1.c1ccc2ncccc2c1.c1ccc2nccnc2c1.c1cnc2cccnc2c1.c1cnc2ccncc2c1.c1cnc2cnccc2c1.c1cnc2ncccc2c1. The molecule has 0 saturated heterocycles. The molecule has 558 valence electrons. The largest absolute Gasteiger partial charge is 0.264 e. The van der Waals surface area contributed by atoms with Crippen molar-refractivity contribution in [3.63, 3.8) is 0 Å². The normalized spacial score (nSPS) is 8.83. The lowest BCUT2D eigenvalue weighted by Gasteiger charge is -1.92. The molecule has 0 N–H and O–H groups in total. The number of aromatic nitrogens is 13. The van der Waals surface area contributed by atoms with Crippen molar-refractivity contribution in [2.24, 2.45) is 0 Å². The van der Waals surface area contributed by atoms with E-state index in [9.17, 15) is 0 Å². The molecule has 13 heteroatoms. The van der Waals surface area contributed by atoms with Crippen molar-refractivity contribution in [1.29, 1.82) is 0 Å². The van der Waals surface area contributed by atoms with E-state index < -0.39 is 0 Å². The van der Waals surface area contributed by atoms with E-state index in [1.807, 2.05) is 332 Å². The first-order chi connectivity index (χ1) is 53.7. The lowest BCUT2D eigenvalue weighted by molar-refractivity contribution is 1.29. The van der Waals surface area contributed by atoms with E-state index in [0.29, 0.717) is 0 Å². The number of nitrogens with zero attached hydrogens (tertiary/aromatic N) is 13. The van der Waals surface area contributed by atoms with Gasteiger partial charge in [-0.3, -0.25) is 54.8 Å². The third-order valence-electron chi connectivity index (χ3n) is 13.2. The zero-order valence-corrected chi connectivity index (χ0v) is 66.9. The van der Waals surface area contributed by atoms with E-state index >= 15 is 0 Å². The number of para-hydroxylation sites is 4. The zero-order valence-electron chi connectivity index (χ0n) is 66.9. The fourth-order valence-electron chi connectivity index (χ4n) is 8.74. The van der Waals surface area contributed by atoms with Gasteiger partial charge in [0.1, 0.15) is 0 Å². The van der Waals surface area contributed by atoms with Crippen molar-refractivity contribution in [3.05, 3.63) is 360 Å². The molecule has 0 amide bonds. The Morgan fingerprint density at radius 1 is 0.130 bits per heavy atom. The van der Waals surface area contributed by atoms with Crippen molar-refractivity contribution in [3.8, 4) is 0 Å². The standard InChI is InChI=1S/C10H8.3C9H7N.5C8H6N2.9C2H6/c1-2-6-10-8-4-3-7-9(10)5-1;2*1-2-6-9-8(4-1)5-3-7-10-9;1-2-4-9-7-10-6-5-8(9)3-1;1-3-7-8(9-5-1)4-2-6-10-7;1-3-7-4-2-6-10-8(7)9-5-1;1-2-7-6-9-5-3-8(7)10-4-1;1-2-7-3-5-9-6-8(7)10-4-1;1-2-4-8-7(3-1)9-5-6-10-8;9*1-2/h1-8H;3*1-7H;5*1-6H;9*1-2H3. The smallest absolute Gasteiger partial charge is 0.159 e. The third-order valence-corrected chi connectivity index (χ3v) is 13.2. The lowest BCUT2D eigenvalue weighted by Crippen LogP contribution is -1.78. The Balaban J connectivity index is 0.000000591. The Morgan fingerprint density at radius 3 is 0.694 bits per heavy atom. The summed E-state index contributed by atoms with van der Waals surface area (Å²) in [6, 6.07) is 86.0. The maximum atomic E-state index is 4.18. The Bertz CT molecular complexity index is 3510. The predicted octanol–water partition coefficient (Wildman–Crippen LogP) is 26.9. The van der Waals surface area contributed by atoms with Crippen LogP contribution in [-0.4, -0.2) is 64.8 Å². The molecule has 0 bridgehead atoms. The Morgan fingerprint density at radius 2 is 0.343 bits per heavy atom. The number of hydrogen-bond acceptors (Lipinski definition) is 13. The van der Waals surface area contributed by atoms with Crippen LogP contribution >= 0.6 is 0 Å². The first-order valence-electron chi connectivity index (χ1n) is 37.8. The number of benzene rings is 6. The van der Waals surface area contributed by atoms with Gasteiger partial charge in [-0.15, -0.1) is 0 Å². The van der Waals surface area contributed by atoms with Crippen LogP contribution in [0.1, 0.15) is 125 Å². The van der Waals surface area contributed by atoms with Crippen LogP contribution in [0.5, 0.6) is 0 Å². The van der Waals surface area contributed by atoms with Crippen LogP contribution in [-0.2, 0) is 0 Å². The Hall–Kier alpha value is -12.6. The van der Waals surface area contributed by atoms with E-state index in [1.165, 1.54) is 32.3 Å². The molecule has 0 spiro atoms. The van der Waals surface area contributed by atoms with Crippen molar-refractivity contribution in [2.75, 3.05) is 0 Å². The molecule has 18 aromatic rings. The second-order valence-corrected chi connectivity index (χ2v) is 19.2. The van der Waals surface area contributed by atoms with Crippen molar-refractivity contribution in [1.82, 2.24) is 64.8 Å². The highest BCUT2D eigenvalue weighted by Crippen LogP contribution is 2.14. The molecule has 12 aromatic heterocycles. The molecule has 0 aliphatic carbocycles. The maximum Gasteiger partial charge on any atom is 0.159 e. The monoisotopic (exact) mass is 1440 g/mol. The van der Waals surface area contributed by atoms with Gasteiger partial charge in [-0.2, -0.15) is 0 Å². The lowest BCUT2D eigenvalue weighted by atomic mass is 10.1. The van der Waals surface area contributed by atoms with Crippen molar-refractivity contribution in [2.45, 2.75) is 125 Å². The molecule has 0 radical (unpaired) electrons. The summed E-state index contributed by atoms with van der Waals surface area (Å²) in [5.74, 6) is 0. The first-order valence-corrected chi connectivity index (χ1v) is 37.8. The average Bonchev–Trinajstić information content (AvgIpc) is 0.998. The molecule has 0 saturated carbocycles. The summed E-state index contributed by atoms with van der Waals surface area (Å²) in [6.07, 6.45) is 28.3. The summed E-state index contributed by atoms with van der Waals surface area (Å²) < 4.78 is 0. The summed E-state index contributed by atoms with van der Waals surface area (Å²) in [4.78, 5) is 53.2. The van der Waals surface area contributed by atoms with E-state index in [4.69, 9.17) is 0 Å².